The predicted octanol–water partition coefficient (Wildman–Crippen LogP) is 2.50. The van der Waals surface area contributed by atoms with E-state index in [0.29, 0.717) is 11.6 Å². The van der Waals surface area contributed by atoms with Crippen LogP contribution in [-0.4, -0.2) is 14.2 Å². The summed E-state index contributed by atoms with van der Waals surface area (Å²) in [6.07, 6.45) is 3.15. The van der Waals surface area contributed by atoms with Crippen LogP contribution in [0.2, 0.25) is 5.02 Å². The molecule has 3 nitrogen and oxygen atoms in total. The lowest BCUT2D eigenvalue weighted by atomic mass is 9.87. The van der Waals surface area contributed by atoms with Gasteiger partial charge in [-0.15, -0.1) is 0 Å². The number of anilines is 1. The minimum atomic E-state index is -3.26. The third-order valence-corrected chi connectivity index (χ3v) is 5.33. The van der Waals surface area contributed by atoms with E-state index in [1.165, 1.54) is 12.1 Å². The van der Waals surface area contributed by atoms with Crippen LogP contribution in [0.25, 0.3) is 0 Å². The summed E-state index contributed by atoms with van der Waals surface area (Å²) in [4.78, 5) is 0.204. The van der Waals surface area contributed by atoms with Crippen molar-refractivity contribution in [2.45, 2.75) is 24.2 Å². The largest absolute Gasteiger partial charge is 0.399 e. The minimum absolute atomic E-state index is 0.204. The SMILES string of the molecule is Nc1ccc(S(=O)(=O)CC2CCC2)c(Cl)c1. The van der Waals surface area contributed by atoms with Gasteiger partial charge in [-0.25, -0.2) is 8.42 Å². The highest BCUT2D eigenvalue weighted by Gasteiger charge is 2.27. The van der Waals surface area contributed by atoms with Crippen molar-refractivity contribution in [1.29, 1.82) is 0 Å². The summed E-state index contributed by atoms with van der Waals surface area (Å²) >= 11 is 5.90. The highest BCUT2D eigenvalue weighted by Crippen LogP contribution is 2.32. The number of benzene rings is 1. The summed E-state index contributed by atoms with van der Waals surface area (Å²) in [5, 5.41) is 0.222. The molecule has 0 atom stereocenters. The van der Waals surface area contributed by atoms with Gasteiger partial charge in [0.25, 0.3) is 0 Å². The van der Waals surface area contributed by atoms with Gasteiger partial charge in [0.1, 0.15) is 0 Å². The van der Waals surface area contributed by atoms with Gasteiger partial charge in [-0.1, -0.05) is 18.0 Å². The maximum atomic E-state index is 12.0. The second kappa shape index (κ2) is 4.26. The Morgan fingerprint density at radius 3 is 2.56 bits per heavy atom. The first-order chi connectivity index (χ1) is 7.49. The van der Waals surface area contributed by atoms with E-state index >= 15 is 0 Å². The van der Waals surface area contributed by atoms with E-state index in [1.807, 2.05) is 0 Å². The molecule has 1 aromatic rings. The Labute approximate surface area is 101 Å². The highest BCUT2D eigenvalue weighted by atomic mass is 35.5. The second-order valence-corrected chi connectivity index (χ2v) is 6.68. The monoisotopic (exact) mass is 259 g/mol. The molecule has 0 radical (unpaired) electrons. The Bertz CT molecular complexity index is 495. The van der Waals surface area contributed by atoms with Gasteiger partial charge < -0.3 is 5.73 Å². The van der Waals surface area contributed by atoms with Gasteiger partial charge in [-0.05, 0) is 37.0 Å². The topological polar surface area (TPSA) is 60.2 Å². The van der Waals surface area contributed by atoms with Crippen molar-refractivity contribution >= 4 is 27.1 Å². The Kier molecular flexibility index (Phi) is 3.13. The first kappa shape index (κ1) is 11.7. The van der Waals surface area contributed by atoms with Crippen LogP contribution in [0.1, 0.15) is 19.3 Å². The number of hydrogen-bond donors (Lipinski definition) is 1. The van der Waals surface area contributed by atoms with Gasteiger partial charge in [-0.2, -0.15) is 0 Å². The summed E-state index contributed by atoms with van der Waals surface area (Å²) in [6.45, 7) is 0. The zero-order valence-electron chi connectivity index (χ0n) is 8.82. The van der Waals surface area contributed by atoms with Gasteiger partial charge in [0.15, 0.2) is 9.84 Å². The molecule has 0 spiro atoms. The van der Waals surface area contributed by atoms with Crippen LogP contribution in [0.15, 0.2) is 23.1 Å². The number of hydrogen-bond acceptors (Lipinski definition) is 3. The fourth-order valence-electron chi connectivity index (χ4n) is 1.83. The van der Waals surface area contributed by atoms with Crippen molar-refractivity contribution in [3.8, 4) is 0 Å². The van der Waals surface area contributed by atoms with Gasteiger partial charge in [0.2, 0.25) is 0 Å². The Hall–Kier alpha value is -0.740. The Morgan fingerprint density at radius 2 is 2.06 bits per heavy atom. The summed E-state index contributed by atoms with van der Waals surface area (Å²) in [7, 11) is -3.26. The summed E-state index contributed by atoms with van der Waals surface area (Å²) in [6, 6.07) is 4.54. The molecule has 88 valence electrons. The Balaban J connectivity index is 2.27. The molecule has 16 heavy (non-hydrogen) atoms. The molecule has 2 N–H and O–H groups in total. The average molecular weight is 260 g/mol. The van der Waals surface area contributed by atoms with Crippen LogP contribution in [0.4, 0.5) is 5.69 Å². The summed E-state index contributed by atoms with van der Waals surface area (Å²) in [5.41, 5.74) is 6.01. The van der Waals surface area contributed by atoms with Crippen LogP contribution in [0.3, 0.4) is 0 Å². The number of nitrogen functional groups attached to an aromatic ring is 1. The van der Waals surface area contributed by atoms with Crippen molar-refractivity contribution in [1.82, 2.24) is 0 Å². The molecule has 0 aromatic heterocycles. The zero-order valence-corrected chi connectivity index (χ0v) is 10.4. The third-order valence-electron chi connectivity index (χ3n) is 2.97. The molecule has 0 unspecified atom stereocenters. The predicted molar refractivity (Wildman–Crippen MR) is 65.3 cm³/mol. The van der Waals surface area contributed by atoms with Crippen LogP contribution >= 0.6 is 11.6 Å². The lowest BCUT2D eigenvalue weighted by molar-refractivity contribution is 0.347. The lowest BCUT2D eigenvalue weighted by Crippen LogP contribution is -2.22. The molecule has 0 aliphatic heterocycles. The van der Waals surface area contributed by atoms with Crippen molar-refractivity contribution in [3.05, 3.63) is 23.2 Å². The van der Waals surface area contributed by atoms with Gasteiger partial charge >= 0.3 is 0 Å². The molecular formula is C11H14ClNO2S. The smallest absolute Gasteiger partial charge is 0.180 e. The van der Waals surface area contributed by atoms with E-state index in [2.05, 4.69) is 0 Å². The second-order valence-electron chi connectivity index (χ2n) is 4.27. The standard InChI is InChI=1S/C11H14ClNO2S/c12-10-6-9(13)4-5-11(10)16(14,15)7-8-2-1-3-8/h4-6,8H,1-3,7,13H2. The number of halogens is 1. The van der Waals surface area contributed by atoms with E-state index in [1.54, 1.807) is 6.07 Å². The molecule has 0 saturated heterocycles. The maximum Gasteiger partial charge on any atom is 0.180 e. The first-order valence-electron chi connectivity index (χ1n) is 5.27. The molecule has 1 aliphatic carbocycles. The van der Waals surface area contributed by atoms with Crippen LogP contribution in [-0.2, 0) is 9.84 Å². The average Bonchev–Trinajstić information content (AvgIpc) is 2.11. The van der Waals surface area contributed by atoms with E-state index in [-0.39, 0.29) is 15.7 Å². The van der Waals surface area contributed by atoms with E-state index < -0.39 is 9.84 Å². The Morgan fingerprint density at radius 1 is 1.38 bits per heavy atom. The zero-order chi connectivity index (χ0) is 11.8. The summed E-state index contributed by atoms with van der Waals surface area (Å²) < 4.78 is 24.1. The lowest BCUT2D eigenvalue weighted by Gasteiger charge is -2.25. The highest BCUT2D eigenvalue weighted by molar-refractivity contribution is 7.91. The molecule has 1 fully saturated rings. The fraction of sp³-hybridized carbons (Fsp3) is 0.455. The molecular weight excluding hydrogens is 246 g/mol. The summed E-state index contributed by atoms with van der Waals surface area (Å²) in [5.74, 6) is 0.509. The van der Waals surface area contributed by atoms with E-state index in [9.17, 15) is 8.42 Å². The van der Waals surface area contributed by atoms with Crippen LogP contribution < -0.4 is 5.73 Å². The molecule has 0 bridgehead atoms. The van der Waals surface area contributed by atoms with Crippen molar-refractivity contribution in [2.75, 3.05) is 11.5 Å². The molecule has 1 aliphatic rings. The number of nitrogens with two attached hydrogens (primary N) is 1. The normalized spacial score (nSPS) is 17.1. The minimum Gasteiger partial charge on any atom is -0.399 e. The van der Waals surface area contributed by atoms with E-state index in [4.69, 9.17) is 17.3 Å². The number of rotatable bonds is 3. The molecule has 1 aromatic carbocycles. The number of sulfone groups is 1. The fourth-order valence-corrected chi connectivity index (χ4v) is 4.14. The van der Waals surface area contributed by atoms with Crippen LogP contribution in [0, 0.1) is 5.92 Å². The molecule has 0 heterocycles. The van der Waals surface area contributed by atoms with Gasteiger partial charge in [-0.3, -0.25) is 0 Å². The quantitative estimate of drug-likeness (QED) is 0.849. The maximum absolute atomic E-state index is 12.0. The van der Waals surface area contributed by atoms with Crippen molar-refractivity contribution in [2.24, 2.45) is 5.92 Å². The molecule has 0 amide bonds. The third kappa shape index (κ3) is 2.33. The molecule has 5 heteroatoms. The van der Waals surface area contributed by atoms with Crippen LogP contribution in [0.5, 0.6) is 0 Å². The van der Waals surface area contributed by atoms with Crippen molar-refractivity contribution in [3.63, 3.8) is 0 Å². The molecule has 2 rings (SSSR count). The van der Waals surface area contributed by atoms with E-state index in [0.717, 1.165) is 19.3 Å². The van der Waals surface area contributed by atoms with Gasteiger partial charge in [0, 0.05) is 5.69 Å². The van der Waals surface area contributed by atoms with Crippen molar-refractivity contribution < 1.29 is 8.42 Å². The first-order valence-corrected chi connectivity index (χ1v) is 7.30. The molecule has 1 saturated carbocycles. The van der Waals surface area contributed by atoms with Gasteiger partial charge in [0.05, 0.1) is 15.7 Å².